The van der Waals surface area contributed by atoms with E-state index >= 15 is 0 Å². The SMILES string of the molecule is CN(c1ccc(C#N)c(Cl)c1)[C@H]1CC[C@H](NC(=O)c2ccc(N3CCC(CN4CCc5cc6c(cc5C4)C(=O)N(C4CCC(=O)NC4=O)C6=O)CC3)cc2)CC1. The van der Waals surface area contributed by atoms with E-state index in [0.29, 0.717) is 45.8 Å². The Bertz CT molecular complexity index is 2120. The fourth-order valence-electron chi connectivity index (χ4n) is 9.20. The van der Waals surface area contributed by atoms with Crippen molar-refractivity contribution in [2.75, 3.05) is 43.0 Å². The highest BCUT2D eigenvalue weighted by atomic mass is 35.5. The molecule has 3 aromatic rings. The number of nitriles is 1. The van der Waals surface area contributed by atoms with E-state index in [1.165, 1.54) is 0 Å². The molecule has 1 aliphatic carbocycles. The quantitative estimate of drug-likeness (QED) is 0.300. The van der Waals surface area contributed by atoms with Crippen LogP contribution in [0.25, 0.3) is 0 Å². The molecule has 0 spiro atoms. The molecule has 2 N–H and O–H groups in total. The van der Waals surface area contributed by atoms with Crippen LogP contribution in [0.5, 0.6) is 0 Å². The summed E-state index contributed by atoms with van der Waals surface area (Å²) in [5.41, 5.74) is 6.07. The van der Waals surface area contributed by atoms with Crippen LogP contribution in [-0.4, -0.2) is 90.7 Å². The minimum absolute atomic E-state index is 0.0402. The number of hydrogen-bond donors (Lipinski definition) is 2. The van der Waals surface area contributed by atoms with Gasteiger partial charge in [-0.05, 0) is 123 Å². The van der Waals surface area contributed by atoms with Crippen LogP contribution in [0.2, 0.25) is 5.02 Å². The van der Waals surface area contributed by atoms with Crippen LogP contribution in [0.15, 0.2) is 54.6 Å². The van der Waals surface area contributed by atoms with Gasteiger partial charge in [0.05, 0.1) is 21.7 Å². The van der Waals surface area contributed by atoms with Crippen molar-refractivity contribution in [1.29, 1.82) is 5.26 Å². The molecule has 5 aliphatic rings. The Morgan fingerprint density at radius 3 is 2.23 bits per heavy atom. The van der Waals surface area contributed by atoms with E-state index in [-0.39, 0.29) is 30.7 Å². The Balaban J connectivity index is 0.791. The minimum Gasteiger partial charge on any atom is -0.372 e. The third-order valence-electron chi connectivity index (χ3n) is 12.5. The highest BCUT2D eigenvalue weighted by Crippen LogP contribution is 2.34. The molecule has 290 valence electrons. The van der Waals surface area contributed by atoms with Gasteiger partial charge < -0.3 is 15.1 Å². The number of benzene rings is 3. The summed E-state index contributed by atoms with van der Waals surface area (Å²) in [4.78, 5) is 72.1. The second kappa shape index (κ2) is 15.7. The van der Waals surface area contributed by atoms with Gasteiger partial charge in [0.15, 0.2) is 0 Å². The van der Waals surface area contributed by atoms with Crippen LogP contribution in [0.1, 0.15) is 99.1 Å². The van der Waals surface area contributed by atoms with Crippen LogP contribution in [0.3, 0.4) is 0 Å². The van der Waals surface area contributed by atoms with Crippen LogP contribution in [-0.2, 0) is 22.6 Å². The molecule has 0 aromatic heterocycles. The van der Waals surface area contributed by atoms with Gasteiger partial charge >= 0.3 is 0 Å². The Kier molecular flexibility index (Phi) is 10.6. The third kappa shape index (κ3) is 7.50. The summed E-state index contributed by atoms with van der Waals surface area (Å²) >= 11 is 6.27. The van der Waals surface area contributed by atoms with Crippen molar-refractivity contribution >= 4 is 52.5 Å². The molecule has 3 fully saturated rings. The molecule has 13 heteroatoms. The number of carbonyl (C=O) groups excluding carboxylic acids is 5. The number of nitrogens with one attached hydrogen (secondary N) is 2. The van der Waals surface area contributed by atoms with E-state index in [4.69, 9.17) is 11.6 Å². The van der Waals surface area contributed by atoms with Gasteiger partial charge in [0, 0.05) is 75.2 Å². The molecule has 4 aliphatic heterocycles. The maximum Gasteiger partial charge on any atom is 0.262 e. The fraction of sp³-hybridized carbons (Fsp3) is 0.442. The average molecular weight is 776 g/mol. The van der Waals surface area contributed by atoms with Crippen molar-refractivity contribution in [2.45, 2.75) is 82.5 Å². The Morgan fingerprint density at radius 2 is 1.57 bits per heavy atom. The zero-order valence-electron chi connectivity index (χ0n) is 31.6. The number of nitrogens with zero attached hydrogens (tertiary/aromatic N) is 5. The average Bonchev–Trinajstić information content (AvgIpc) is 3.44. The topological polar surface area (TPSA) is 146 Å². The number of amides is 5. The summed E-state index contributed by atoms with van der Waals surface area (Å²) in [7, 11) is 2.06. The smallest absolute Gasteiger partial charge is 0.262 e. The molecular formula is C43H46ClN7O5. The number of hydrogen-bond acceptors (Lipinski definition) is 9. The number of imide groups is 2. The molecule has 2 saturated heterocycles. The Morgan fingerprint density at radius 1 is 0.875 bits per heavy atom. The van der Waals surface area contributed by atoms with Gasteiger partial charge in [-0.1, -0.05) is 11.6 Å². The van der Waals surface area contributed by atoms with Crippen molar-refractivity contribution in [3.8, 4) is 6.07 Å². The number of halogens is 1. The van der Waals surface area contributed by atoms with Crippen molar-refractivity contribution in [2.24, 2.45) is 5.92 Å². The largest absolute Gasteiger partial charge is 0.372 e. The molecule has 0 bridgehead atoms. The van der Waals surface area contributed by atoms with E-state index in [2.05, 4.69) is 50.6 Å². The molecule has 1 atom stereocenters. The van der Waals surface area contributed by atoms with Crippen molar-refractivity contribution in [1.82, 2.24) is 20.4 Å². The molecule has 3 aromatic carbocycles. The lowest BCUT2D eigenvalue weighted by Gasteiger charge is -2.37. The maximum atomic E-state index is 13.4. The maximum absolute atomic E-state index is 13.4. The molecular weight excluding hydrogens is 730 g/mol. The van der Waals surface area contributed by atoms with E-state index in [1.54, 1.807) is 6.07 Å². The van der Waals surface area contributed by atoms with Crippen molar-refractivity contribution in [3.05, 3.63) is 93.0 Å². The summed E-state index contributed by atoms with van der Waals surface area (Å²) < 4.78 is 0. The van der Waals surface area contributed by atoms with Crippen LogP contribution in [0.4, 0.5) is 11.4 Å². The van der Waals surface area contributed by atoms with E-state index in [0.717, 1.165) is 98.5 Å². The first-order chi connectivity index (χ1) is 27.1. The van der Waals surface area contributed by atoms with Gasteiger partial charge in [-0.2, -0.15) is 5.26 Å². The number of fused-ring (bicyclic) bond motifs is 2. The lowest BCUT2D eigenvalue weighted by Crippen LogP contribution is -2.54. The minimum atomic E-state index is -0.962. The predicted molar refractivity (Wildman–Crippen MR) is 212 cm³/mol. The van der Waals surface area contributed by atoms with E-state index in [9.17, 15) is 29.2 Å². The Labute approximate surface area is 331 Å². The molecule has 0 radical (unpaired) electrons. The highest BCUT2D eigenvalue weighted by Gasteiger charge is 2.45. The zero-order chi connectivity index (χ0) is 39.1. The highest BCUT2D eigenvalue weighted by molar-refractivity contribution is 6.32. The van der Waals surface area contributed by atoms with Gasteiger partial charge in [-0.25, -0.2) is 0 Å². The summed E-state index contributed by atoms with van der Waals surface area (Å²) in [6.07, 6.45) is 6.85. The molecule has 5 amide bonds. The first-order valence-electron chi connectivity index (χ1n) is 19.7. The summed E-state index contributed by atoms with van der Waals surface area (Å²) in [5.74, 6) is -1.40. The molecule has 8 rings (SSSR count). The van der Waals surface area contributed by atoms with Crippen LogP contribution in [0, 0.1) is 17.2 Å². The molecule has 4 heterocycles. The standard InChI is InChI=1S/C43H46ClN7O5/c1-48(34-9-4-29(23-45)37(44)22-34)32-10-5-31(6-11-32)46-40(53)27-2-7-33(8-3-27)50-18-14-26(15-19-50)24-49-17-16-28-20-35-36(21-30(28)25-49)43(56)51(42(35)55)38-12-13-39(52)47-41(38)54/h2-4,7-9,20-22,26,31-32,38H,5-6,10-19,24-25H2,1H3,(H,46,53)(H,47,52,54)/t31-,32-,38?. The van der Waals surface area contributed by atoms with E-state index < -0.39 is 23.8 Å². The van der Waals surface area contributed by atoms with Gasteiger partial charge in [0.1, 0.15) is 12.1 Å². The van der Waals surface area contributed by atoms with Crippen molar-refractivity contribution < 1.29 is 24.0 Å². The fourth-order valence-corrected chi connectivity index (χ4v) is 9.42. The Hall–Kier alpha value is -5.25. The normalized spacial score (nSPS) is 23.0. The summed E-state index contributed by atoms with van der Waals surface area (Å²) in [5, 5.41) is 15.2. The van der Waals surface area contributed by atoms with Gasteiger partial charge in [-0.3, -0.25) is 39.1 Å². The summed E-state index contributed by atoms with van der Waals surface area (Å²) in [6.45, 7) is 4.42. The van der Waals surface area contributed by atoms with E-state index in [1.807, 2.05) is 36.4 Å². The summed E-state index contributed by atoms with van der Waals surface area (Å²) in [6, 6.07) is 18.8. The number of piperidine rings is 2. The van der Waals surface area contributed by atoms with Gasteiger partial charge in [-0.15, -0.1) is 0 Å². The van der Waals surface area contributed by atoms with Crippen LogP contribution < -0.4 is 20.4 Å². The first kappa shape index (κ1) is 37.7. The zero-order valence-corrected chi connectivity index (χ0v) is 32.3. The second-order valence-corrected chi connectivity index (χ2v) is 16.3. The number of carbonyl (C=O) groups is 5. The number of rotatable bonds is 8. The predicted octanol–water partition coefficient (Wildman–Crippen LogP) is 5.06. The molecule has 1 saturated carbocycles. The van der Waals surface area contributed by atoms with Crippen molar-refractivity contribution in [3.63, 3.8) is 0 Å². The lowest BCUT2D eigenvalue weighted by molar-refractivity contribution is -0.136. The van der Waals surface area contributed by atoms with Gasteiger partial charge in [0.2, 0.25) is 11.8 Å². The van der Waals surface area contributed by atoms with Gasteiger partial charge in [0.25, 0.3) is 17.7 Å². The molecule has 1 unspecified atom stereocenters. The van der Waals surface area contributed by atoms with Crippen LogP contribution >= 0.6 is 11.6 Å². The third-order valence-corrected chi connectivity index (χ3v) is 12.8. The number of anilines is 2. The second-order valence-electron chi connectivity index (χ2n) is 15.9. The molecule has 12 nitrogen and oxygen atoms in total. The lowest BCUT2D eigenvalue weighted by atomic mass is 9.90. The molecule has 56 heavy (non-hydrogen) atoms. The monoisotopic (exact) mass is 775 g/mol. The first-order valence-corrected chi connectivity index (χ1v) is 20.1.